The fourth-order valence-electron chi connectivity index (χ4n) is 3.73. The van der Waals surface area contributed by atoms with E-state index in [9.17, 15) is 9.59 Å². The molecule has 2 amide bonds. The molecule has 1 aliphatic carbocycles. The van der Waals surface area contributed by atoms with Crippen LogP contribution in [0.3, 0.4) is 0 Å². The second-order valence-electron chi connectivity index (χ2n) is 6.74. The molecule has 0 saturated heterocycles. The lowest BCUT2D eigenvalue weighted by molar-refractivity contribution is -0.120. The summed E-state index contributed by atoms with van der Waals surface area (Å²) in [6.07, 6.45) is 5.19. The minimum absolute atomic E-state index is 0.0376. The van der Waals surface area contributed by atoms with E-state index in [4.69, 9.17) is 0 Å². The molecule has 0 bridgehead atoms. The quantitative estimate of drug-likeness (QED) is 0.933. The van der Waals surface area contributed by atoms with Crippen molar-refractivity contribution < 1.29 is 9.59 Å². The van der Waals surface area contributed by atoms with Gasteiger partial charge in [0.2, 0.25) is 11.8 Å². The monoisotopic (exact) mass is 315 g/mol. The summed E-state index contributed by atoms with van der Waals surface area (Å²) in [6.45, 7) is 2.34. The third kappa shape index (κ3) is 3.39. The molecular weight excluding hydrogens is 290 g/mol. The number of carbonyl (C=O) groups excluding carboxylic acids is 2. The van der Waals surface area contributed by atoms with E-state index in [1.54, 1.807) is 4.90 Å². The van der Waals surface area contributed by atoms with Crippen molar-refractivity contribution in [3.63, 3.8) is 0 Å². The predicted octanol–water partition coefficient (Wildman–Crippen LogP) is 2.62. The van der Waals surface area contributed by atoms with Gasteiger partial charge in [-0.05, 0) is 38.9 Å². The average molecular weight is 315 g/mol. The number of hydrogen-bond acceptors (Lipinski definition) is 3. The van der Waals surface area contributed by atoms with Gasteiger partial charge in [0.05, 0.1) is 17.9 Å². The van der Waals surface area contributed by atoms with Gasteiger partial charge in [-0.2, -0.15) is 0 Å². The fraction of sp³-hybridized carbons (Fsp3) is 0.556. The lowest BCUT2D eigenvalue weighted by Crippen LogP contribution is -2.46. The zero-order valence-electron chi connectivity index (χ0n) is 13.9. The maximum Gasteiger partial charge on any atom is 0.241 e. The van der Waals surface area contributed by atoms with E-state index in [1.165, 1.54) is 25.7 Å². The number of amides is 2. The molecule has 0 spiro atoms. The van der Waals surface area contributed by atoms with Crippen molar-refractivity contribution in [2.45, 2.75) is 51.1 Å². The first-order valence-electron chi connectivity index (χ1n) is 8.47. The number of rotatable bonds is 3. The molecule has 1 fully saturated rings. The number of para-hydroxylation sites is 2. The molecule has 2 aliphatic rings. The Morgan fingerprint density at radius 2 is 2.00 bits per heavy atom. The van der Waals surface area contributed by atoms with Crippen molar-refractivity contribution in [3.8, 4) is 0 Å². The van der Waals surface area contributed by atoms with Crippen LogP contribution in [0.4, 0.5) is 11.4 Å². The van der Waals surface area contributed by atoms with Gasteiger partial charge in [0.1, 0.15) is 0 Å². The second-order valence-corrected chi connectivity index (χ2v) is 6.74. The van der Waals surface area contributed by atoms with Crippen LogP contribution in [-0.2, 0) is 9.59 Å². The third-order valence-electron chi connectivity index (χ3n) is 4.96. The van der Waals surface area contributed by atoms with E-state index in [1.807, 2.05) is 38.2 Å². The van der Waals surface area contributed by atoms with Crippen molar-refractivity contribution >= 4 is 23.2 Å². The van der Waals surface area contributed by atoms with Gasteiger partial charge in [0.25, 0.3) is 0 Å². The number of fused-ring (bicyclic) bond motifs is 1. The van der Waals surface area contributed by atoms with Gasteiger partial charge in [0, 0.05) is 18.5 Å². The van der Waals surface area contributed by atoms with E-state index >= 15 is 0 Å². The Morgan fingerprint density at radius 3 is 2.74 bits per heavy atom. The summed E-state index contributed by atoms with van der Waals surface area (Å²) in [4.78, 5) is 28.9. The van der Waals surface area contributed by atoms with Gasteiger partial charge in [0.15, 0.2) is 0 Å². The minimum Gasteiger partial charge on any atom is -0.324 e. The van der Waals surface area contributed by atoms with Crippen LogP contribution in [0, 0.1) is 0 Å². The highest BCUT2D eigenvalue weighted by atomic mass is 16.2. The van der Waals surface area contributed by atoms with Crippen molar-refractivity contribution in [2.24, 2.45) is 0 Å². The highest BCUT2D eigenvalue weighted by molar-refractivity contribution is 6.04. The molecule has 1 atom stereocenters. The Balaban J connectivity index is 1.81. The zero-order chi connectivity index (χ0) is 16.4. The van der Waals surface area contributed by atoms with E-state index in [0.717, 1.165) is 11.4 Å². The Labute approximate surface area is 137 Å². The smallest absolute Gasteiger partial charge is 0.241 e. The lowest BCUT2D eigenvalue weighted by Gasteiger charge is -2.31. The number of carbonyl (C=O) groups is 2. The van der Waals surface area contributed by atoms with Crippen molar-refractivity contribution in [1.82, 2.24) is 4.90 Å². The van der Waals surface area contributed by atoms with E-state index in [0.29, 0.717) is 19.0 Å². The van der Waals surface area contributed by atoms with Gasteiger partial charge in [-0.3, -0.25) is 14.5 Å². The van der Waals surface area contributed by atoms with E-state index in [2.05, 4.69) is 10.2 Å². The molecule has 1 N–H and O–H groups in total. The number of nitrogens with one attached hydrogen (secondary N) is 1. The average Bonchev–Trinajstić information content (AvgIpc) is 2.99. The van der Waals surface area contributed by atoms with Crippen LogP contribution < -0.4 is 10.2 Å². The van der Waals surface area contributed by atoms with Crippen molar-refractivity contribution in [1.29, 1.82) is 0 Å². The van der Waals surface area contributed by atoms with Crippen LogP contribution in [0.1, 0.15) is 39.0 Å². The molecule has 1 aromatic carbocycles. The van der Waals surface area contributed by atoms with Gasteiger partial charge in [-0.25, -0.2) is 0 Å². The Morgan fingerprint density at radius 1 is 1.30 bits per heavy atom. The van der Waals surface area contributed by atoms with Crippen molar-refractivity contribution in [2.75, 3.05) is 23.8 Å². The number of anilines is 2. The molecule has 5 heteroatoms. The second kappa shape index (κ2) is 6.71. The highest BCUT2D eigenvalue weighted by Crippen LogP contribution is 2.31. The normalized spacial score (nSPS) is 22.0. The first-order valence-corrected chi connectivity index (χ1v) is 8.47. The molecule has 1 saturated carbocycles. The first-order chi connectivity index (χ1) is 11.1. The van der Waals surface area contributed by atoms with Crippen LogP contribution in [0.2, 0.25) is 0 Å². The Hall–Kier alpha value is -1.88. The van der Waals surface area contributed by atoms with Gasteiger partial charge in [-0.15, -0.1) is 0 Å². The van der Waals surface area contributed by atoms with Gasteiger partial charge in [-0.1, -0.05) is 25.0 Å². The zero-order valence-corrected chi connectivity index (χ0v) is 13.9. The molecule has 1 unspecified atom stereocenters. The summed E-state index contributed by atoms with van der Waals surface area (Å²) in [7, 11) is 2.03. The number of benzene rings is 1. The maximum atomic E-state index is 12.9. The molecule has 0 radical (unpaired) electrons. The van der Waals surface area contributed by atoms with Gasteiger partial charge < -0.3 is 10.2 Å². The summed E-state index contributed by atoms with van der Waals surface area (Å²) >= 11 is 0. The molecule has 23 heavy (non-hydrogen) atoms. The summed E-state index contributed by atoms with van der Waals surface area (Å²) < 4.78 is 0. The first kappa shape index (κ1) is 16.0. The summed E-state index contributed by atoms with van der Waals surface area (Å²) in [5.74, 6) is 0.0280. The molecular formula is C18H25N3O2. The van der Waals surface area contributed by atoms with Gasteiger partial charge >= 0.3 is 0 Å². The van der Waals surface area contributed by atoms with Crippen LogP contribution in [-0.4, -0.2) is 42.4 Å². The SMILES string of the molecule is CC1CC(=O)Nc2ccccc2N1C(=O)CN(C)C1CCCC1. The Kier molecular flexibility index (Phi) is 4.66. The molecule has 0 aromatic heterocycles. The van der Waals surface area contributed by atoms with Crippen LogP contribution in [0.5, 0.6) is 0 Å². The molecule has 1 heterocycles. The number of nitrogens with zero attached hydrogens (tertiary/aromatic N) is 2. The van der Waals surface area contributed by atoms with E-state index in [-0.39, 0.29) is 17.9 Å². The number of hydrogen-bond donors (Lipinski definition) is 1. The van der Waals surface area contributed by atoms with E-state index < -0.39 is 0 Å². The molecule has 1 aliphatic heterocycles. The van der Waals surface area contributed by atoms with Crippen LogP contribution >= 0.6 is 0 Å². The summed E-state index contributed by atoms with van der Waals surface area (Å²) in [5.41, 5.74) is 1.52. The number of likely N-dealkylation sites (N-methyl/N-ethyl adjacent to an activating group) is 1. The molecule has 1 aromatic rings. The van der Waals surface area contributed by atoms with Crippen LogP contribution in [0.25, 0.3) is 0 Å². The fourth-order valence-corrected chi connectivity index (χ4v) is 3.73. The third-order valence-corrected chi connectivity index (χ3v) is 4.96. The van der Waals surface area contributed by atoms with Crippen LogP contribution in [0.15, 0.2) is 24.3 Å². The highest BCUT2D eigenvalue weighted by Gasteiger charge is 2.31. The standard InChI is InChI=1S/C18H25N3O2/c1-13-11-17(22)19-15-9-5-6-10-16(15)21(13)18(23)12-20(2)14-7-3-4-8-14/h5-6,9-10,13-14H,3-4,7-8,11-12H2,1-2H3,(H,19,22). The topological polar surface area (TPSA) is 52.7 Å². The summed E-state index contributed by atoms with van der Waals surface area (Å²) in [5, 5.41) is 2.90. The minimum atomic E-state index is -0.136. The summed E-state index contributed by atoms with van der Waals surface area (Å²) in [6, 6.07) is 7.92. The Bertz CT molecular complexity index is 596. The molecule has 3 rings (SSSR count). The largest absolute Gasteiger partial charge is 0.324 e. The molecule has 5 nitrogen and oxygen atoms in total. The predicted molar refractivity (Wildman–Crippen MR) is 91.5 cm³/mol. The lowest BCUT2D eigenvalue weighted by atomic mass is 10.1. The maximum absolute atomic E-state index is 12.9. The molecule has 124 valence electrons. The van der Waals surface area contributed by atoms with Crippen molar-refractivity contribution in [3.05, 3.63) is 24.3 Å².